The van der Waals surface area contributed by atoms with Crippen LogP contribution in [0.5, 0.6) is 0 Å². The molecule has 5 unspecified atom stereocenters. The van der Waals surface area contributed by atoms with Crippen LogP contribution in [0.4, 0.5) is 0 Å². The molecule has 2 fully saturated rings. The normalized spacial score (nSPS) is 55.4. The van der Waals surface area contributed by atoms with Gasteiger partial charge in [0, 0.05) is 0 Å². The molecule has 0 saturated heterocycles. The first kappa shape index (κ1) is 7.64. The van der Waals surface area contributed by atoms with Gasteiger partial charge in [0.2, 0.25) is 0 Å². The average molecular weight is 152 g/mol. The lowest BCUT2D eigenvalue weighted by atomic mass is 9.62. The molecule has 5 atom stereocenters. The summed E-state index contributed by atoms with van der Waals surface area (Å²) in [5.41, 5.74) is 0. The van der Waals surface area contributed by atoms with Crippen LogP contribution in [0.25, 0.3) is 0 Å². The van der Waals surface area contributed by atoms with Crippen LogP contribution in [0.2, 0.25) is 0 Å². The smallest absolute Gasteiger partial charge is 0.0329 e. The van der Waals surface area contributed by atoms with E-state index in [9.17, 15) is 0 Å². The predicted octanol–water partition coefficient (Wildman–Crippen LogP) is 3.32. The SMILES string of the molecule is CCC1CC2C(C)CC(C)C12. The van der Waals surface area contributed by atoms with Crippen molar-refractivity contribution in [2.24, 2.45) is 29.6 Å². The number of rotatable bonds is 1. The molecular weight excluding hydrogens is 132 g/mol. The van der Waals surface area contributed by atoms with Gasteiger partial charge in [0.15, 0.2) is 0 Å². The van der Waals surface area contributed by atoms with E-state index in [4.69, 9.17) is 0 Å². The summed E-state index contributed by atoms with van der Waals surface area (Å²) in [6.45, 7) is 7.27. The summed E-state index contributed by atoms with van der Waals surface area (Å²) in [5.74, 6) is 5.41. The molecule has 0 heterocycles. The maximum absolute atomic E-state index is 2.46. The summed E-state index contributed by atoms with van der Waals surface area (Å²) >= 11 is 0. The van der Waals surface area contributed by atoms with Crippen molar-refractivity contribution in [1.29, 1.82) is 0 Å². The molecule has 0 nitrogen and oxygen atoms in total. The highest BCUT2D eigenvalue weighted by Crippen LogP contribution is 2.57. The van der Waals surface area contributed by atoms with Crippen molar-refractivity contribution in [1.82, 2.24) is 0 Å². The monoisotopic (exact) mass is 152 g/mol. The summed E-state index contributed by atoms with van der Waals surface area (Å²) in [4.78, 5) is 0. The standard InChI is InChI=1S/C11H20/c1-4-9-6-10-7(2)5-8(3)11(9)10/h7-11H,4-6H2,1-3H3. The van der Waals surface area contributed by atoms with Crippen molar-refractivity contribution >= 4 is 0 Å². The van der Waals surface area contributed by atoms with E-state index in [2.05, 4.69) is 20.8 Å². The number of fused-ring (bicyclic) bond motifs is 1. The molecule has 0 aliphatic heterocycles. The van der Waals surface area contributed by atoms with Gasteiger partial charge < -0.3 is 0 Å². The first-order valence-electron chi connectivity index (χ1n) is 5.24. The van der Waals surface area contributed by atoms with Crippen molar-refractivity contribution in [3.63, 3.8) is 0 Å². The van der Waals surface area contributed by atoms with Gasteiger partial charge in [0.05, 0.1) is 0 Å². The van der Waals surface area contributed by atoms with Crippen LogP contribution in [-0.4, -0.2) is 0 Å². The molecule has 11 heavy (non-hydrogen) atoms. The quantitative estimate of drug-likeness (QED) is 0.540. The first-order valence-corrected chi connectivity index (χ1v) is 5.24. The minimum absolute atomic E-state index is 1.04. The fourth-order valence-corrected chi connectivity index (χ4v) is 3.67. The lowest BCUT2D eigenvalue weighted by Gasteiger charge is -2.43. The summed E-state index contributed by atoms with van der Waals surface area (Å²) in [5, 5.41) is 0. The third-order valence-electron chi connectivity index (χ3n) is 4.27. The lowest BCUT2D eigenvalue weighted by molar-refractivity contribution is 0.0531. The molecule has 0 bridgehead atoms. The van der Waals surface area contributed by atoms with Gasteiger partial charge in [-0.3, -0.25) is 0 Å². The Hall–Kier alpha value is 0. The maximum atomic E-state index is 2.46. The Morgan fingerprint density at radius 3 is 2.36 bits per heavy atom. The van der Waals surface area contributed by atoms with Crippen molar-refractivity contribution in [2.45, 2.75) is 40.0 Å². The number of hydrogen-bond donors (Lipinski definition) is 0. The van der Waals surface area contributed by atoms with Crippen molar-refractivity contribution in [3.8, 4) is 0 Å². The molecule has 2 rings (SSSR count). The van der Waals surface area contributed by atoms with Gasteiger partial charge in [0.25, 0.3) is 0 Å². The highest BCUT2D eigenvalue weighted by atomic mass is 14.5. The van der Waals surface area contributed by atoms with Crippen molar-refractivity contribution < 1.29 is 0 Å². The van der Waals surface area contributed by atoms with Gasteiger partial charge in [-0.05, 0) is 42.4 Å². The Labute approximate surface area is 70.4 Å². The van der Waals surface area contributed by atoms with Gasteiger partial charge in [-0.25, -0.2) is 0 Å². The minimum atomic E-state index is 1.04. The average Bonchev–Trinajstić information content (AvgIpc) is 2.03. The largest absolute Gasteiger partial charge is 0.0651 e. The second kappa shape index (κ2) is 2.50. The van der Waals surface area contributed by atoms with E-state index >= 15 is 0 Å². The Morgan fingerprint density at radius 2 is 1.82 bits per heavy atom. The van der Waals surface area contributed by atoms with Crippen LogP contribution in [0.15, 0.2) is 0 Å². The maximum Gasteiger partial charge on any atom is -0.0329 e. The summed E-state index contributed by atoms with van der Waals surface area (Å²) in [6, 6.07) is 0. The van der Waals surface area contributed by atoms with E-state index in [-0.39, 0.29) is 0 Å². The Kier molecular flexibility index (Phi) is 1.74. The molecule has 2 saturated carbocycles. The van der Waals surface area contributed by atoms with Crippen molar-refractivity contribution in [2.75, 3.05) is 0 Å². The zero-order chi connectivity index (χ0) is 8.01. The zero-order valence-electron chi connectivity index (χ0n) is 8.01. The second-order valence-corrected chi connectivity index (χ2v) is 4.84. The van der Waals surface area contributed by atoms with Gasteiger partial charge in [-0.1, -0.05) is 27.2 Å². The zero-order valence-corrected chi connectivity index (χ0v) is 8.01. The van der Waals surface area contributed by atoms with Crippen molar-refractivity contribution in [3.05, 3.63) is 0 Å². The molecule has 0 aromatic heterocycles. The Morgan fingerprint density at radius 1 is 1.09 bits per heavy atom. The minimum Gasteiger partial charge on any atom is -0.0651 e. The Balaban J connectivity index is 2.03. The highest BCUT2D eigenvalue weighted by molar-refractivity contribution is 4.98. The van der Waals surface area contributed by atoms with E-state index in [0.717, 1.165) is 29.6 Å². The molecule has 2 aliphatic carbocycles. The third kappa shape index (κ3) is 0.947. The van der Waals surface area contributed by atoms with Crippen LogP contribution in [0.1, 0.15) is 40.0 Å². The highest BCUT2D eigenvalue weighted by Gasteiger charge is 2.49. The van der Waals surface area contributed by atoms with E-state index in [1.807, 2.05) is 0 Å². The van der Waals surface area contributed by atoms with Gasteiger partial charge in [-0.15, -0.1) is 0 Å². The van der Waals surface area contributed by atoms with Crippen LogP contribution in [0, 0.1) is 29.6 Å². The molecule has 0 radical (unpaired) electrons. The predicted molar refractivity (Wildman–Crippen MR) is 48.3 cm³/mol. The molecule has 0 aromatic carbocycles. The topological polar surface area (TPSA) is 0 Å². The van der Waals surface area contributed by atoms with E-state index in [1.54, 1.807) is 6.42 Å². The molecule has 0 spiro atoms. The fraction of sp³-hybridized carbons (Fsp3) is 1.00. The third-order valence-corrected chi connectivity index (χ3v) is 4.27. The number of hydrogen-bond acceptors (Lipinski definition) is 0. The molecule has 0 heteroatoms. The lowest BCUT2D eigenvalue weighted by Crippen LogP contribution is -2.36. The van der Waals surface area contributed by atoms with Crippen LogP contribution in [0.3, 0.4) is 0 Å². The van der Waals surface area contributed by atoms with Crippen LogP contribution in [-0.2, 0) is 0 Å². The van der Waals surface area contributed by atoms with Crippen LogP contribution >= 0.6 is 0 Å². The summed E-state index contributed by atoms with van der Waals surface area (Å²) < 4.78 is 0. The summed E-state index contributed by atoms with van der Waals surface area (Å²) in [7, 11) is 0. The van der Waals surface area contributed by atoms with Gasteiger partial charge in [-0.2, -0.15) is 0 Å². The summed E-state index contributed by atoms with van der Waals surface area (Å²) in [6.07, 6.45) is 4.48. The van der Waals surface area contributed by atoms with Crippen LogP contribution < -0.4 is 0 Å². The molecular formula is C11H20. The van der Waals surface area contributed by atoms with Gasteiger partial charge in [0.1, 0.15) is 0 Å². The van der Waals surface area contributed by atoms with Gasteiger partial charge >= 0.3 is 0 Å². The molecule has 64 valence electrons. The fourth-order valence-electron chi connectivity index (χ4n) is 3.67. The van der Waals surface area contributed by atoms with E-state index < -0.39 is 0 Å². The second-order valence-electron chi connectivity index (χ2n) is 4.84. The van der Waals surface area contributed by atoms with E-state index in [0.29, 0.717) is 0 Å². The molecule has 2 aliphatic rings. The molecule has 0 aromatic rings. The first-order chi connectivity index (χ1) is 5.24. The molecule has 0 N–H and O–H groups in total. The Bertz CT molecular complexity index is 148. The molecule has 0 amide bonds. The van der Waals surface area contributed by atoms with E-state index in [1.165, 1.54) is 12.8 Å².